The third kappa shape index (κ3) is 2.55. The maximum Gasteiger partial charge on any atom is 0.284 e. The van der Waals surface area contributed by atoms with Crippen molar-refractivity contribution < 1.29 is 22.1 Å². The zero-order valence-electron chi connectivity index (χ0n) is 8.37. The fraction of sp³-hybridized carbons (Fsp3) is 0.143. The summed E-state index contributed by atoms with van der Waals surface area (Å²) >= 11 is 0. The van der Waals surface area contributed by atoms with Gasteiger partial charge in [0.2, 0.25) is 0 Å². The Balaban J connectivity index is 3.77. The Bertz CT molecular complexity index is 652. The molecule has 2 N–H and O–H groups in total. The molecule has 0 radical (unpaired) electrons. The molecule has 18 heavy (non-hydrogen) atoms. The first kappa shape index (κ1) is 13.9. The summed E-state index contributed by atoms with van der Waals surface area (Å²) in [5.74, 6) is 0. The summed E-state index contributed by atoms with van der Waals surface area (Å²) in [6, 6.07) is 1.46. The van der Waals surface area contributed by atoms with Gasteiger partial charge >= 0.3 is 0 Å². The number of primary sulfonamides is 1. The number of halogens is 2. The van der Waals surface area contributed by atoms with Gasteiger partial charge in [-0.15, -0.1) is 0 Å². The fourth-order valence-corrected chi connectivity index (χ4v) is 1.61. The van der Waals surface area contributed by atoms with Crippen LogP contribution in [0.3, 0.4) is 0 Å². The zero-order chi connectivity index (χ0) is 14.1. The Morgan fingerprint density at radius 3 is 2.44 bits per heavy atom. The Labute approximate surface area is 98.9 Å². The summed E-state index contributed by atoms with van der Waals surface area (Å²) in [6.45, 7) is 0. The van der Waals surface area contributed by atoms with Gasteiger partial charge in [-0.3, -0.25) is 10.1 Å². The number of nitro groups is 1. The SMILES string of the molecule is N#Cc1nc(S(N)(=O)=O)cc([N+](=O)[O-])c1C(F)F. The smallest absolute Gasteiger partial charge is 0.258 e. The molecule has 0 aliphatic carbocycles. The van der Waals surface area contributed by atoms with Crippen LogP contribution < -0.4 is 5.14 Å². The van der Waals surface area contributed by atoms with E-state index in [0.29, 0.717) is 0 Å². The first-order valence-corrected chi connectivity index (χ1v) is 5.63. The highest BCUT2D eigenvalue weighted by molar-refractivity contribution is 7.89. The van der Waals surface area contributed by atoms with E-state index >= 15 is 0 Å². The number of sulfonamides is 1. The monoisotopic (exact) mass is 278 g/mol. The molecule has 0 aromatic carbocycles. The minimum atomic E-state index is -4.45. The van der Waals surface area contributed by atoms with Crippen molar-refractivity contribution >= 4 is 15.7 Å². The van der Waals surface area contributed by atoms with Gasteiger partial charge in [-0.05, 0) is 0 Å². The summed E-state index contributed by atoms with van der Waals surface area (Å²) in [5.41, 5.74) is -3.52. The molecule has 1 rings (SSSR count). The minimum absolute atomic E-state index is 0.289. The van der Waals surface area contributed by atoms with Crippen LogP contribution >= 0.6 is 0 Å². The molecule has 0 saturated carbocycles. The molecule has 1 aromatic heterocycles. The van der Waals surface area contributed by atoms with E-state index in [1.807, 2.05) is 0 Å². The molecule has 0 aliphatic heterocycles. The van der Waals surface area contributed by atoms with Gasteiger partial charge in [0.1, 0.15) is 11.6 Å². The Kier molecular flexibility index (Phi) is 3.54. The van der Waals surface area contributed by atoms with Crippen molar-refractivity contribution in [3.05, 3.63) is 27.4 Å². The summed E-state index contributed by atoms with van der Waals surface area (Å²) in [5, 5.41) is 22.8. The van der Waals surface area contributed by atoms with Crippen molar-refractivity contribution in [2.45, 2.75) is 11.5 Å². The zero-order valence-corrected chi connectivity index (χ0v) is 9.19. The molecule has 0 spiro atoms. The molecule has 0 fully saturated rings. The van der Waals surface area contributed by atoms with Crippen LogP contribution in [0.1, 0.15) is 17.7 Å². The van der Waals surface area contributed by atoms with Gasteiger partial charge in [0, 0.05) is 0 Å². The lowest BCUT2D eigenvalue weighted by Gasteiger charge is -2.05. The van der Waals surface area contributed by atoms with Crippen LogP contribution in [0.25, 0.3) is 0 Å². The van der Waals surface area contributed by atoms with Crippen LogP contribution in [0, 0.1) is 21.4 Å². The number of hydrogen-bond acceptors (Lipinski definition) is 6. The van der Waals surface area contributed by atoms with E-state index in [2.05, 4.69) is 10.1 Å². The standard InChI is InChI=1S/C7H4F2N4O4S/c8-7(9)6-3(2-10)12-5(18(11,16)17)1-4(6)13(14)15/h1,7H,(H2,11,16,17). The normalized spacial score (nSPS) is 11.3. The molecule has 96 valence electrons. The van der Waals surface area contributed by atoms with Crippen LogP contribution in [-0.2, 0) is 10.0 Å². The lowest BCUT2D eigenvalue weighted by molar-refractivity contribution is -0.386. The van der Waals surface area contributed by atoms with Gasteiger partial charge in [0.15, 0.2) is 10.7 Å². The molecule has 11 heteroatoms. The minimum Gasteiger partial charge on any atom is -0.258 e. The molecular weight excluding hydrogens is 274 g/mol. The van der Waals surface area contributed by atoms with Crippen molar-refractivity contribution in [3.8, 4) is 6.07 Å². The highest BCUT2D eigenvalue weighted by Crippen LogP contribution is 2.32. The average molecular weight is 278 g/mol. The summed E-state index contributed by atoms with van der Waals surface area (Å²) in [4.78, 5) is 12.4. The molecule has 0 atom stereocenters. The number of nitrogens with zero attached hydrogens (tertiary/aromatic N) is 3. The van der Waals surface area contributed by atoms with Gasteiger partial charge in [0.25, 0.3) is 22.1 Å². The maximum atomic E-state index is 12.6. The van der Waals surface area contributed by atoms with Crippen LogP contribution in [0.15, 0.2) is 11.1 Å². The number of pyridine rings is 1. The van der Waals surface area contributed by atoms with Crippen molar-refractivity contribution in [1.82, 2.24) is 4.98 Å². The topological polar surface area (TPSA) is 140 Å². The molecule has 0 aliphatic rings. The average Bonchev–Trinajstić information content (AvgIpc) is 2.25. The van der Waals surface area contributed by atoms with Gasteiger partial charge < -0.3 is 0 Å². The summed E-state index contributed by atoms with van der Waals surface area (Å²) in [6.07, 6.45) is -3.35. The summed E-state index contributed by atoms with van der Waals surface area (Å²) in [7, 11) is -4.45. The molecule has 1 aromatic rings. The molecule has 0 saturated heterocycles. The van der Waals surface area contributed by atoms with E-state index in [1.165, 1.54) is 6.07 Å². The lowest BCUT2D eigenvalue weighted by atomic mass is 10.2. The van der Waals surface area contributed by atoms with Gasteiger partial charge in [-0.25, -0.2) is 27.3 Å². The van der Waals surface area contributed by atoms with Crippen molar-refractivity contribution in [2.24, 2.45) is 5.14 Å². The lowest BCUT2D eigenvalue weighted by Crippen LogP contribution is -2.16. The molecule has 0 unspecified atom stereocenters. The first-order chi connectivity index (χ1) is 8.18. The second-order valence-electron chi connectivity index (χ2n) is 2.96. The Morgan fingerprint density at radius 2 is 2.11 bits per heavy atom. The van der Waals surface area contributed by atoms with E-state index in [0.717, 1.165) is 0 Å². The van der Waals surface area contributed by atoms with Crippen LogP contribution in [0.2, 0.25) is 0 Å². The second kappa shape index (κ2) is 4.59. The van der Waals surface area contributed by atoms with Crippen LogP contribution in [0.4, 0.5) is 14.5 Å². The highest BCUT2D eigenvalue weighted by Gasteiger charge is 2.30. The molecular formula is C7H4F2N4O4S. The van der Waals surface area contributed by atoms with Gasteiger partial charge in [-0.2, -0.15) is 5.26 Å². The first-order valence-electron chi connectivity index (χ1n) is 4.09. The Hall–Kier alpha value is -2.19. The van der Waals surface area contributed by atoms with Crippen molar-refractivity contribution in [3.63, 3.8) is 0 Å². The third-order valence-corrected chi connectivity index (χ3v) is 2.62. The third-order valence-electron chi connectivity index (χ3n) is 1.83. The quantitative estimate of drug-likeness (QED) is 0.628. The van der Waals surface area contributed by atoms with Crippen LogP contribution in [0.5, 0.6) is 0 Å². The molecule has 0 bridgehead atoms. The van der Waals surface area contributed by atoms with Gasteiger partial charge in [-0.1, -0.05) is 0 Å². The fourth-order valence-electron chi connectivity index (χ4n) is 1.12. The highest BCUT2D eigenvalue weighted by atomic mass is 32.2. The molecule has 1 heterocycles. The Morgan fingerprint density at radius 1 is 1.56 bits per heavy atom. The van der Waals surface area contributed by atoms with E-state index in [1.54, 1.807) is 0 Å². The number of nitriles is 1. The number of rotatable bonds is 3. The number of alkyl halides is 2. The van der Waals surface area contributed by atoms with E-state index in [9.17, 15) is 27.3 Å². The predicted molar refractivity (Wildman–Crippen MR) is 51.9 cm³/mol. The van der Waals surface area contributed by atoms with Crippen molar-refractivity contribution in [1.29, 1.82) is 5.26 Å². The van der Waals surface area contributed by atoms with Crippen LogP contribution in [-0.4, -0.2) is 18.3 Å². The maximum absolute atomic E-state index is 12.6. The molecule has 8 nitrogen and oxygen atoms in total. The van der Waals surface area contributed by atoms with E-state index in [-0.39, 0.29) is 6.07 Å². The predicted octanol–water partition coefficient (Wildman–Crippen LogP) is 0.446. The number of aromatic nitrogens is 1. The molecule has 0 amide bonds. The van der Waals surface area contributed by atoms with Crippen molar-refractivity contribution in [2.75, 3.05) is 0 Å². The number of nitrogens with two attached hydrogens (primary N) is 1. The summed E-state index contributed by atoms with van der Waals surface area (Å²) < 4.78 is 47.1. The van der Waals surface area contributed by atoms with E-state index in [4.69, 9.17) is 5.26 Å². The van der Waals surface area contributed by atoms with Gasteiger partial charge in [0.05, 0.1) is 11.0 Å². The number of hydrogen-bond donors (Lipinski definition) is 1. The second-order valence-corrected chi connectivity index (χ2v) is 4.46. The van der Waals surface area contributed by atoms with E-state index < -0.39 is 43.3 Å². The largest absolute Gasteiger partial charge is 0.284 e.